The quantitative estimate of drug-likeness (QED) is 0.447. The topological polar surface area (TPSA) is 78.9 Å². The third-order valence-corrected chi connectivity index (χ3v) is 6.73. The number of nitrogens with zero attached hydrogens (tertiary/aromatic N) is 1. The number of methoxy groups -OCH3 is 1. The summed E-state index contributed by atoms with van der Waals surface area (Å²) in [6.07, 6.45) is 2.50. The number of aliphatic hydroxyl groups is 1. The van der Waals surface area contributed by atoms with Gasteiger partial charge in [-0.1, -0.05) is 58.4 Å². The van der Waals surface area contributed by atoms with E-state index in [0.29, 0.717) is 37.2 Å². The largest absolute Gasteiger partial charge is 0.497 e. The zero-order valence-corrected chi connectivity index (χ0v) is 21.0. The molecular weight excluding hydrogens is 508 g/mol. The molecule has 6 nitrogen and oxygen atoms in total. The number of rotatable bonds is 6. The maximum atomic E-state index is 13.5. The van der Waals surface area contributed by atoms with E-state index < -0.39 is 5.60 Å². The highest BCUT2D eigenvalue weighted by atomic mass is 79.9. The molecule has 2 amide bonds. The molecule has 0 bridgehead atoms. The fraction of sp³-hybridized carbons (Fsp3) is 0.214. The van der Waals surface area contributed by atoms with Gasteiger partial charge in [-0.2, -0.15) is 0 Å². The van der Waals surface area contributed by atoms with Crippen LogP contribution in [0, 0.1) is 0 Å². The molecule has 180 valence electrons. The minimum Gasteiger partial charge on any atom is -0.497 e. The Morgan fingerprint density at radius 2 is 1.60 bits per heavy atom. The molecule has 7 heteroatoms. The molecule has 0 atom stereocenters. The molecule has 1 saturated heterocycles. The number of halogens is 1. The molecule has 3 aromatic rings. The average molecular weight is 535 g/mol. The van der Waals surface area contributed by atoms with Crippen LogP contribution >= 0.6 is 15.9 Å². The molecule has 1 aliphatic heterocycles. The second-order valence-corrected chi connectivity index (χ2v) is 9.40. The molecule has 1 aliphatic rings. The summed E-state index contributed by atoms with van der Waals surface area (Å²) in [5, 5.41) is 14.0. The minimum absolute atomic E-state index is 0.186. The zero-order valence-electron chi connectivity index (χ0n) is 19.4. The lowest BCUT2D eigenvalue weighted by atomic mass is 9.84. The number of benzene rings is 3. The van der Waals surface area contributed by atoms with E-state index >= 15 is 0 Å². The normalized spacial score (nSPS) is 15.4. The van der Waals surface area contributed by atoms with Crippen molar-refractivity contribution in [3.63, 3.8) is 0 Å². The molecule has 1 heterocycles. The number of ether oxygens (including phenoxy) is 1. The van der Waals surface area contributed by atoms with Gasteiger partial charge in [0.25, 0.3) is 11.8 Å². The first-order valence-corrected chi connectivity index (χ1v) is 12.2. The second kappa shape index (κ2) is 10.9. The van der Waals surface area contributed by atoms with E-state index in [9.17, 15) is 14.7 Å². The Kier molecular flexibility index (Phi) is 7.68. The maximum absolute atomic E-state index is 13.5. The monoisotopic (exact) mass is 534 g/mol. The van der Waals surface area contributed by atoms with Gasteiger partial charge in [0.1, 0.15) is 11.4 Å². The third-order valence-electron chi connectivity index (χ3n) is 6.20. The van der Waals surface area contributed by atoms with E-state index in [4.69, 9.17) is 4.74 Å². The third kappa shape index (κ3) is 5.99. The van der Waals surface area contributed by atoms with Gasteiger partial charge in [-0.05, 0) is 66.4 Å². The SMILES string of the molecule is COc1ccc(C(=O)N/C(=C\c2ccccc2)C(=O)N2CCC(O)(c3ccc(Br)cc3)CC2)cc1. The van der Waals surface area contributed by atoms with Crippen molar-refractivity contribution in [2.24, 2.45) is 0 Å². The first kappa shape index (κ1) is 24.7. The molecule has 3 aromatic carbocycles. The molecule has 0 unspecified atom stereocenters. The molecular formula is C28H27BrN2O4. The molecule has 0 aromatic heterocycles. The smallest absolute Gasteiger partial charge is 0.270 e. The van der Waals surface area contributed by atoms with E-state index in [1.54, 1.807) is 42.4 Å². The zero-order chi connectivity index (χ0) is 24.8. The Balaban J connectivity index is 1.52. The first-order chi connectivity index (χ1) is 16.9. The minimum atomic E-state index is -0.993. The van der Waals surface area contributed by atoms with Crippen molar-refractivity contribution in [2.45, 2.75) is 18.4 Å². The average Bonchev–Trinajstić information content (AvgIpc) is 2.89. The summed E-state index contributed by atoms with van der Waals surface area (Å²) in [5.74, 6) is -0.0237. The van der Waals surface area contributed by atoms with Gasteiger partial charge in [0, 0.05) is 23.1 Å². The van der Waals surface area contributed by atoms with Gasteiger partial charge in [-0.3, -0.25) is 9.59 Å². The summed E-state index contributed by atoms with van der Waals surface area (Å²) < 4.78 is 6.10. The van der Waals surface area contributed by atoms with Gasteiger partial charge in [0.15, 0.2) is 0 Å². The molecule has 4 rings (SSSR count). The van der Waals surface area contributed by atoms with Crippen LogP contribution in [-0.2, 0) is 10.4 Å². The summed E-state index contributed by atoms with van der Waals surface area (Å²) in [5.41, 5.74) is 1.24. The summed E-state index contributed by atoms with van der Waals surface area (Å²) in [6, 6.07) is 23.7. The highest BCUT2D eigenvalue weighted by Gasteiger charge is 2.36. The molecule has 0 radical (unpaired) electrons. The van der Waals surface area contributed by atoms with Gasteiger partial charge >= 0.3 is 0 Å². The van der Waals surface area contributed by atoms with E-state index in [2.05, 4.69) is 21.2 Å². The van der Waals surface area contributed by atoms with Crippen molar-refractivity contribution in [1.29, 1.82) is 0 Å². The van der Waals surface area contributed by atoms with Crippen molar-refractivity contribution in [2.75, 3.05) is 20.2 Å². The number of piperidine rings is 1. The van der Waals surface area contributed by atoms with Crippen molar-refractivity contribution in [1.82, 2.24) is 10.2 Å². The van der Waals surface area contributed by atoms with Crippen molar-refractivity contribution >= 4 is 33.8 Å². The van der Waals surface area contributed by atoms with Crippen LogP contribution in [0.4, 0.5) is 0 Å². The Hall–Kier alpha value is -3.42. The van der Waals surface area contributed by atoms with E-state index in [0.717, 1.165) is 15.6 Å². The van der Waals surface area contributed by atoms with E-state index in [1.165, 1.54) is 0 Å². The maximum Gasteiger partial charge on any atom is 0.270 e. The van der Waals surface area contributed by atoms with Crippen LogP contribution in [0.15, 0.2) is 89.0 Å². The molecule has 0 aliphatic carbocycles. The number of hydrogen-bond acceptors (Lipinski definition) is 4. The van der Waals surface area contributed by atoms with Crippen LogP contribution in [0.1, 0.15) is 34.3 Å². The van der Waals surface area contributed by atoms with Gasteiger partial charge < -0.3 is 20.1 Å². The van der Waals surface area contributed by atoms with Gasteiger partial charge in [-0.15, -0.1) is 0 Å². The number of amides is 2. The Morgan fingerprint density at radius 3 is 2.20 bits per heavy atom. The van der Waals surface area contributed by atoms with Crippen LogP contribution in [0.25, 0.3) is 6.08 Å². The van der Waals surface area contributed by atoms with Crippen LogP contribution < -0.4 is 10.1 Å². The lowest BCUT2D eigenvalue weighted by Gasteiger charge is -2.38. The molecule has 0 saturated carbocycles. The van der Waals surface area contributed by atoms with Crippen LogP contribution in [-0.4, -0.2) is 42.0 Å². The lowest BCUT2D eigenvalue weighted by Crippen LogP contribution is -2.47. The number of carbonyl (C=O) groups is 2. The summed E-state index contributed by atoms with van der Waals surface area (Å²) in [6.45, 7) is 0.742. The van der Waals surface area contributed by atoms with E-state index in [1.807, 2.05) is 54.6 Å². The fourth-order valence-corrected chi connectivity index (χ4v) is 4.37. The van der Waals surface area contributed by atoms with Gasteiger partial charge in [-0.25, -0.2) is 0 Å². The Bertz CT molecular complexity index is 1200. The van der Waals surface area contributed by atoms with Crippen LogP contribution in [0.3, 0.4) is 0 Å². The fourth-order valence-electron chi connectivity index (χ4n) is 4.10. The highest BCUT2D eigenvalue weighted by Crippen LogP contribution is 2.33. The first-order valence-electron chi connectivity index (χ1n) is 11.4. The summed E-state index contributed by atoms with van der Waals surface area (Å²) in [7, 11) is 1.56. The molecule has 0 spiro atoms. The molecule has 35 heavy (non-hydrogen) atoms. The number of nitrogens with one attached hydrogen (secondary N) is 1. The summed E-state index contributed by atoms with van der Waals surface area (Å²) in [4.78, 5) is 28.1. The van der Waals surface area contributed by atoms with Gasteiger partial charge in [0.05, 0.1) is 12.7 Å². The van der Waals surface area contributed by atoms with Crippen LogP contribution in [0.5, 0.6) is 5.75 Å². The molecule has 1 fully saturated rings. The summed E-state index contributed by atoms with van der Waals surface area (Å²) >= 11 is 3.42. The lowest BCUT2D eigenvalue weighted by molar-refractivity contribution is -0.131. The standard InChI is InChI=1S/C28H27BrN2O4/c1-35-24-13-7-21(8-14-24)26(32)30-25(19-20-5-3-2-4-6-20)27(33)31-17-15-28(34,16-18-31)22-9-11-23(29)12-10-22/h2-14,19,34H,15-18H2,1H3,(H,30,32)/b25-19-. The Labute approximate surface area is 213 Å². The number of hydrogen-bond donors (Lipinski definition) is 2. The number of carbonyl (C=O) groups excluding carboxylic acids is 2. The number of likely N-dealkylation sites (tertiary alicyclic amines) is 1. The molecule has 2 N–H and O–H groups in total. The van der Waals surface area contributed by atoms with Gasteiger partial charge in [0.2, 0.25) is 0 Å². The van der Waals surface area contributed by atoms with Crippen LogP contribution in [0.2, 0.25) is 0 Å². The van der Waals surface area contributed by atoms with Crippen molar-refractivity contribution < 1.29 is 19.4 Å². The van der Waals surface area contributed by atoms with E-state index in [-0.39, 0.29) is 17.5 Å². The second-order valence-electron chi connectivity index (χ2n) is 8.48. The highest BCUT2D eigenvalue weighted by molar-refractivity contribution is 9.10. The Morgan fingerprint density at radius 1 is 0.971 bits per heavy atom. The predicted molar refractivity (Wildman–Crippen MR) is 139 cm³/mol. The van der Waals surface area contributed by atoms with Crippen molar-refractivity contribution in [3.05, 3.63) is 106 Å². The van der Waals surface area contributed by atoms with Crippen molar-refractivity contribution in [3.8, 4) is 5.75 Å². The predicted octanol–water partition coefficient (Wildman–Crippen LogP) is 4.74.